The van der Waals surface area contributed by atoms with E-state index < -0.39 is 0 Å². The summed E-state index contributed by atoms with van der Waals surface area (Å²) in [6.45, 7) is 0. The predicted octanol–water partition coefficient (Wildman–Crippen LogP) is 5.76. The quantitative estimate of drug-likeness (QED) is 0.342. The summed E-state index contributed by atoms with van der Waals surface area (Å²) in [4.78, 5) is 9.29. The molecule has 164 valence electrons. The van der Waals surface area contributed by atoms with Gasteiger partial charge in [0.25, 0.3) is 5.89 Å². The number of halogens is 1. The molecule has 0 aliphatic rings. The van der Waals surface area contributed by atoms with Crippen LogP contribution in [0.25, 0.3) is 34.1 Å². The molecule has 5 aromatic rings. The molecule has 0 saturated heterocycles. The van der Waals surface area contributed by atoms with Gasteiger partial charge >= 0.3 is 0 Å². The number of ether oxygens (including phenoxy) is 2. The summed E-state index contributed by atoms with van der Waals surface area (Å²) in [5.41, 5.74) is 2.21. The fourth-order valence-electron chi connectivity index (χ4n) is 3.37. The lowest BCUT2D eigenvalue weighted by molar-refractivity contribution is 0.355. The minimum absolute atomic E-state index is 0.200. The number of fused-ring (bicyclic) bond motifs is 1. The van der Waals surface area contributed by atoms with Crippen molar-refractivity contribution in [2.45, 2.75) is 0 Å². The van der Waals surface area contributed by atoms with Crippen LogP contribution in [0.3, 0.4) is 0 Å². The molecule has 1 N–H and O–H groups in total. The summed E-state index contributed by atoms with van der Waals surface area (Å²) in [5.74, 6) is 2.66. The van der Waals surface area contributed by atoms with E-state index in [1.165, 1.54) is 0 Å². The van der Waals surface area contributed by atoms with E-state index in [1.807, 2.05) is 54.6 Å². The molecule has 0 saturated carbocycles. The van der Waals surface area contributed by atoms with Crippen molar-refractivity contribution < 1.29 is 13.9 Å². The lowest BCUT2D eigenvalue weighted by Crippen LogP contribution is -2.00. The van der Waals surface area contributed by atoms with Gasteiger partial charge in [0.1, 0.15) is 5.82 Å². The Morgan fingerprint density at radius 1 is 0.818 bits per heavy atom. The second kappa shape index (κ2) is 8.76. The van der Waals surface area contributed by atoms with Crippen LogP contribution in [0.4, 0.5) is 11.5 Å². The minimum Gasteiger partial charge on any atom is -0.493 e. The number of methoxy groups -OCH3 is 2. The maximum atomic E-state index is 6.08. The second-order valence-electron chi connectivity index (χ2n) is 7.03. The second-order valence-corrected chi connectivity index (χ2v) is 7.47. The van der Waals surface area contributed by atoms with E-state index in [0.717, 1.165) is 16.6 Å². The molecule has 0 unspecified atom stereocenters. The molecule has 33 heavy (non-hydrogen) atoms. The molecule has 3 aromatic carbocycles. The number of anilines is 2. The fourth-order valence-corrected chi connectivity index (χ4v) is 3.56. The normalized spacial score (nSPS) is 10.9. The number of nitrogens with zero attached hydrogens (tertiary/aromatic N) is 4. The topological polar surface area (TPSA) is 95.2 Å². The Kier molecular flexibility index (Phi) is 5.50. The molecule has 0 radical (unpaired) electrons. The number of benzene rings is 3. The van der Waals surface area contributed by atoms with Crippen LogP contribution in [0.1, 0.15) is 0 Å². The highest BCUT2D eigenvalue weighted by Crippen LogP contribution is 2.33. The average Bonchev–Trinajstić information content (AvgIpc) is 3.34. The molecular formula is C24H18ClN5O3. The van der Waals surface area contributed by atoms with Crippen molar-refractivity contribution in [2.75, 3.05) is 19.5 Å². The van der Waals surface area contributed by atoms with Gasteiger partial charge in [-0.3, -0.25) is 0 Å². The van der Waals surface area contributed by atoms with E-state index in [0.29, 0.717) is 39.6 Å². The summed E-state index contributed by atoms with van der Waals surface area (Å²) in [6, 6.07) is 20.4. The third kappa shape index (κ3) is 4.16. The lowest BCUT2D eigenvalue weighted by atomic mass is 10.2. The maximum Gasteiger partial charge on any atom is 0.286 e. The highest BCUT2D eigenvalue weighted by Gasteiger charge is 2.17. The standard InChI is InChI=1S/C24H18ClN5O3/c1-31-19-11-10-16(13-20(19)32-2)26-21-17-8-3-4-9-18(17)27-22(28-21)24-30-29-23(33-24)14-6-5-7-15(25)12-14/h3-13H,1-2H3,(H,26,27,28). The van der Waals surface area contributed by atoms with E-state index in [4.69, 9.17) is 25.5 Å². The Labute approximate surface area is 194 Å². The number of hydrogen-bond donors (Lipinski definition) is 1. The van der Waals surface area contributed by atoms with Crippen molar-refractivity contribution in [2.24, 2.45) is 0 Å². The van der Waals surface area contributed by atoms with Crippen LogP contribution in [0, 0.1) is 0 Å². The summed E-state index contributed by atoms with van der Waals surface area (Å²) in [7, 11) is 3.18. The zero-order valence-corrected chi connectivity index (χ0v) is 18.5. The van der Waals surface area contributed by atoms with E-state index in [1.54, 1.807) is 26.4 Å². The first-order chi connectivity index (χ1) is 16.1. The number of aromatic nitrogens is 4. The summed E-state index contributed by atoms with van der Waals surface area (Å²) < 4.78 is 16.6. The van der Waals surface area contributed by atoms with Crippen molar-refractivity contribution in [1.82, 2.24) is 20.2 Å². The molecule has 0 atom stereocenters. The molecule has 0 fully saturated rings. The van der Waals surface area contributed by atoms with Gasteiger partial charge in [-0.15, -0.1) is 10.2 Å². The molecule has 0 bridgehead atoms. The van der Waals surface area contributed by atoms with Crippen LogP contribution >= 0.6 is 11.6 Å². The highest BCUT2D eigenvalue weighted by atomic mass is 35.5. The molecule has 0 aliphatic carbocycles. The van der Waals surface area contributed by atoms with Crippen molar-refractivity contribution in [3.8, 4) is 34.7 Å². The van der Waals surface area contributed by atoms with Crippen molar-refractivity contribution in [3.63, 3.8) is 0 Å². The molecule has 0 spiro atoms. The molecule has 5 rings (SSSR count). The van der Waals surface area contributed by atoms with Crippen molar-refractivity contribution >= 4 is 34.0 Å². The Morgan fingerprint density at radius 2 is 1.64 bits per heavy atom. The first kappa shape index (κ1) is 20.7. The Balaban J connectivity index is 1.56. The smallest absolute Gasteiger partial charge is 0.286 e. The third-order valence-electron chi connectivity index (χ3n) is 4.94. The van der Waals surface area contributed by atoms with E-state index in [-0.39, 0.29) is 5.89 Å². The zero-order valence-electron chi connectivity index (χ0n) is 17.7. The van der Waals surface area contributed by atoms with Crippen molar-refractivity contribution in [1.29, 1.82) is 0 Å². The van der Waals surface area contributed by atoms with Gasteiger partial charge in [-0.2, -0.15) is 0 Å². The van der Waals surface area contributed by atoms with Gasteiger partial charge < -0.3 is 19.2 Å². The maximum absolute atomic E-state index is 6.08. The van der Waals surface area contributed by atoms with Gasteiger partial charge in [-0.05, 0) is 42.5 Å². The number of nitrogens with one attached hydrogen (secondary N) is 1. The van der Waals surface area contributed by atoms with Crippen LogP contribution in [-0.2, 0) is 0 Å². The van der Waals surface area contributed by atoms with Crippen LogP contribution in [0.5, 0.6) is 11.5 Å². The molecule has 8 nitrogen and oxygen atoms in total. The van der Waals surface area contributed by atoms with Gasteiger partial charge in [0.05, 0.1) is 19.7 Å². The summed E-state index contributed by atoms with van der Waals surface area (Å²) in [6.07, 6.45) is 0. The number of hydrogen-bond acceptors (Lipinski definition) is 8. The molecule has 2 heterocycles. The van der Waals surface area contributed by atoms with Gasteiger partial charge in [0.2, 0.25) is 11.7 Å². The Morgan fingerprint density at radius 3 is 2.45 bits per heavy atom. The fraction of sp³-hybridized carbons (Fsp3) is 0.0833. The van der Waals surface area contributed by atoms with Crippen LogP contribution in [0.15, 0.2) is 71.1 Å². The van der Waals surface area contributed by atoms with E-state index in [2.05, 4.69) is 25.5 Å². The van der Waals surface area contributed by atoms with Crippen molar-refractivity contribution in [3.05, 3.63) is 71.8 Å². The van der Waals surface area contributed by atoms with Crippen LogP contribution in [-0.4, -0.2) is 34.4 Å². The molecule has 0 amide bonds. The molecule has 0 aliphatic heterocycles. The average molecular weight is 460 g/mol. The monoisotopic (exact) mass is 459 g/mol. The Bertz CT molecular complexity index is 1450. The third-order valence-corrected chi connectivity index (χ3v) is 5.17. The summed E-state index contributed by atoms with van der Waals surface area (Å²) in [5, 5.41) is 13.0. The zero-order chi connectivity index (χ0) is 22.8. The number of para-hydroxylation sites is 1. The first-order valence-electron chi connectivity index (χ1n) is 10.0. The molecular weight excluding hydrogens is 442 g/mol. The summed E-state index contributed by atoms with van der Waals surface area (Å²) >= 11 is 6.08. The lowest BCUT2D eigenvalue weighted by Gasteiger charge is -2.12. The predicted molar refractivity (Wildman–Crippen MR) is 126 cm³/mol. The minimum atomic E-state index is 0.200. The highest BCUT2D eigenvalue weighted by molar-refractivity contribution is 6.30. The van der Waals surface area contributed by atoms with Gasteiger partial charge in [0.15, 0.2) is 11.5 Å². The van der Waals surface area contributed by atoms with E-state index in [9.17, 15) is 0 Å². The van der Waals surface area contributed by atoms with E-state index >= 15 is 0 Å². The first-order valence-corrected chi connectivity index (χ1v) is 10.4. The van der Waals surface area contributed by atoms with Gasteiger partial charge in [-0.25, -0.2) is 9.97 Å². The van der Waals surface area contributed by atoms with Gasteiger partial charge in [0, 0.05) is 27.7 Å². The SMILES string of the molecule is COc1ccc(Nc2nc(-c3nnc(-c4cccc(Cl)c4)o3)nc3ccccc23)cc1OC. The molecule has 2 aromatic heterocycles. The largest absolute Gasteiger partial charge is 0.493 e. The molecule has 9 heteroatoms. The van der Waals surface area contributed by atoms with Gasteiger partial charge in [-0.1, -0.05) is 29.8 Å². The van der Waals surface area contributed by atoms with Crippen LogP contribution in [0.2, 0.25) is 5.02 Å². The Hall–Kier alpha value is -4.17. The van der Waals surface area contributed by atoms with Crippen LogP contribution < -0.4 is 14.8 Å². The number of rotatable bonds is 6.